The number of hydrogen-bond acceptors (Lipinski definition) is 2. The summed E-state index contributed by atoms with van der Waals surface area (Å²) in [7, 11) is 0. The van der Waals surface area contributed by atoms with Crippen LogP contribution in [0, 0.1) is 0 Å². The van der Waals surface area contributed by atoms with Gasteiger partial charge in [-0.3, -0.25) is 0 Å². The highest BCUT2D eigenvalue weighted by Crippen LogP contribution is 2.51. The van der Waals surface area contributed by atoms with Crippen molar-refractivity contribution < 1.29 is 4.42 Å². The molecule has 2 heterocycles. The van der Waals surface area contributed by atoms with Crippen LogP contribution < -0.4 is 4.90 Å². The number of furan rings is 1. The molecule has 12 aromatic rings. The van der Waals surface area contributed by atoms with E-state index in [9.17, 15) is 0 Å². The van der Waals surface area contributed by atoms with Gasteiger partial charge in [-0.25, -0.2) is 0 Å². The SMILES string of the molecule is CC1(C)c2ccccc2-c2ccc(N(c3ccc(-c4ccccc4)cc3)c3cccc(-c4cccc5oc6ccc(-c7ccc8c(c7)c7ccccc7n8-c7ccccc7)cc6c45)c3)cc21. The van der Waals surface area contributed by atoms with Crippen molar-refractivity contribution >= 4 is 60.8 Å². The van der Waals surface area contributed by atoms with Gasteiger partial charge in [-0.1, -0.05) is 159 Å². The maximum atomic E-state index is 6.62. The number of rotatable bonds is 7. The Morgan fingerprint density at radius 2 is 0.970 bits per heavy atom. The number of anilines is 3. The van der Waals surface area contributed by atoms with Crippen LogP contribution in [0.1, 0.15) is 25.0 Å². The van der Waals surface area contributed by atoms with Crippen LogP contribution >= 0.6 is 0 Å². The first-order valence-corrected chi connectivity index (χ1v) is 22.8. The summed E-state index contributed by atoms with van der Waals surface area (Å²) in [6.07, 6.45) is 0. The van der Waals surface area contributed by atoms with Gasteiger partial charge in [0, 0.05) is 49.7 Å². The average molecular weight is 845 g/mol. The first-order valence-electron chi connectivity index (χ1n) is 22.8. The van der Waals surface area contributed by atoms with Crippen molar-refractivity contribution in [2.45, 2.75) is 19.3 Å². The zero-order valence-corrected chi connectivity index (χ0v) is 36.7. The van der Waals surface area contributed by atoms with E-state index in [1.54, 1.807) is 0 Å². The van der Waals surface area contributed by atoms with Crippen molar-refractivity contribution in [3.63, 3.8) is 0 Å². The predicted molar refractivity (Wildman–Crippen MR) is 277 cm³/mol. The third-order valence-electron chi connectivity index (χ3n) is 14.0. The van der Waals surface area contributed by atoms with Gasteiger partial charge in [0.05, 0.1) is 11.0 Å². The molecule has 2 aromatic heterocycles. The maximum absolute atomic E-state index is 6.62. The lowest BCUT2D eigenvalue weighted by molar-refractivity contribution is 0.660. The van der Waals surface area contributed by atoms with Crippen LogP contribution in [0.15, 0.2) is 235 Å². The number of fused-ring (bicyclic) bond motifs is 9. The molecule has 312 valence electrons. The molecule has 3 nitrogen and oxygen atoms in total. The van der Waals surface area contributed by atoms with Crippen LogP contribution in [0.2, 0.25) is 0 Å². The average Bonchev–Trinajstić information content (AvgIpc) is 3.99. The highest BCUT2D eigenvalue weighted by Gasteiger charge is 2.35. The quantitative estimate of drug-likeness (QED) is 0.159. The molecule has 0 spiro atoms. The van der Waals surface area contributed by atoms with Gasteiger partial charge in [-0.05, 0) is 141 Å². The second kappa shape index (κ2) is 14.8. The summed E-state index contributed by atoms with van der Waals surface area (Å²) >= 11 is 0. The minimum Gasteiger partial charge on any atom is -0.456 e. The molecule has 0 saturated carbocycles. The lowest BCUT2D eigenvalue weighted by Gasteiger charge is -2.28. The van der Waals surface area contributed by atoms with Crippen LogP contribution in [0.3, 0.4) is 0 Å². The van der Waals surface area contributed by atoms with Crippen molar-refractivity contribution in [2.24, 2.45) is 0 Å². The van der Waals surface area contributed by atoms with Gasteiger partial charge in [0.15, 0.2) is 0 Å². The van der Waals surface area contributed by atoms with Gasteiger partial charge in [0.2, 0.25) is 0 Å². The number of aromatic nitrogens is 1. The monoisotopic (exact) mass is 844 g/mol. The van der Waals surface area contributed by atoms with E-state index in [2.05, 4.69) is 254 Å². The van der Waals surface area contributed by atoms with Crippen LogP contribution in [0.25, 0.3) is 93.9 Å². The Morgan fingerprint density at radius 1 is 0.364 bits per heavy atom. The van der Waals surface area contributed by atoms with E-state index in [0.29, 0.717) is 0 Å². The van der Waals surface area contributed by atoms with E-state index >= 15 is 0 Å². The zero-order valence-electron chi connectivity index (χ0n) is 36.7. The standard InChI is InChI=1S/C63H44N2O/c1-63(2)56-24-11-9-21-51(56)52-34-33-49(40-57(52)63)64(47-31-27-42(28-32-47)41-15-5-3-6-16-41)48-20-13-17-45(37-48)50-23-14-26-61-62(50)55-39-44(30-36-60(55)66-61)43-29-35-59-54(38-43)53-22-10-12-25-58(53)65(59)46-18-7-4-8-19-46/h3-40H,1-2H3. The number of hydrogen-bond donors (Lipinski definition) is 0. The summed E-state index contributed by atoms with van der Waals surface area (Å²) in [5.41, 5.74) is 20.8. The lowest BCUT2D eigenvalue weighted by atomic mass is 9.82. The fourth-order valence-electron chi connectivity index (χ4n) is 10.8. The number of nitrogens with zero attached hydrogens (tertiary/aromatic N) is 2. The molecule has 0 radical (unpaired) electrons. The smallest absolute Gasteiger partial charge is 0.136 e. The maximum Gasteiger partial charge on any atom is 0.136 e. The first kappa shape index (κ1) is 38.1. The minimum atomic E-state index is -0.129. The molecular formula is C63H44N2O. The van der Waals surface area contributed by atoms with Crippen LogP contribution in [0.5, 0.6) is 0 Å². The Kier molecular flexibility index (Phi) is 8.56. The molecule has 0 saturated heterocycles. The molecule has 0 atom stereocenters. The summed E-state index contributed by atoms with van der Waals surface area (Å²) in [6, 6.07) is 83.8. The molecule has 0 N–H and O–H groups in total. The van der Waals surface area contributed by atoms with Crippen LogP contribution in [-0.4, -0.2) is 4.57 Å². The number of benzene rings is 10. The second-order valence-electron chi connectivity index (χ2n) is 18.1. The summed E-state index contributed by atoms with van der Waals surface area (Å²) in [5.74, 6) is 0. The molecule has 66 heavy (non-hydrogen) atoms. The first-order chi connectivity index (χ1) is 32.5. The third kappa shape index (κ3) is 5.97. The van der Waals surface area contributed by atoms with E-state index in [0.717, 1.165) is 61.4 Å². The van der Waals surface area contributed by atoms with Crippen LogP contribution in [-0.2, 0) is 5.41 Å². The van der Waals surface area contributed by atoms with E-state index in [4.69, 9.17) is 4.42 Å². The van der Waals surface area contributed by atoms with E-state index in [1.165, 1.54) is 60.8 Å². The number of para-hydroxylation sites is 2. The van der Waals surface area contributed by atoms with Gasteiger partial charge in [-0.2, -0.15) is 0 Å². The van der Waals surface area contributed by atoms with Gasteiger partial charge >= 0.3 is 0 Å². The second-order valence-corrected chi connectivity index (χ2v) is 18.1. The fraction of sp³-hybridized carbons (Fsp3) is 0.0476. The van der Waals surface area contributed by atoms with Gasteiger partial charge < -0.3 is 13.9 Å². The molecule has 0 fully saturated rings. The normalized spacial score (nSPS) is 12.8. The summed E-state index contributed by atoms with van der Waals surface area (Å²) < 4.78 is 8.99. The van der Waals surface area contributed by atoms with Gasteiger partial charge in [0.25, 0.3) is 0 Å². The van der Waals surface area contributed by atoms with Gasteiger partial charge in [-0.15, -0.1) is 0 Å². The predicted octanol–water partition coefficient (Wildman–Crippen LogP) is 17.5. The minimum absolute atomic E-state index is 0.129. The van der Waals surface area contributed by atoms with E-state index in [-0.39, 0.29) is 5.41 Å². The Bertz CT molecular complexity index is 3840. The lowest BCUT2D eigenvalue weighted by Crippen LogP contribution is -2.16. The molecule has 1 aliphatic carbocycles. The zero-order chi connectivity index (χ0) is 43.9. The molecule has 3 heteroatoms. The molecule has 0 bridgehead atoms. The molecule has 10 aromatic carbocycles. The Hall–Kier alpha value is -8.40. The summed E-state index contributed by atoms with van der Waals surface area (Å²) in [5, 5.41) is 4.69. The van der Waals surface area contributed by atoms with Crippen molar-refractivity contribution in [1.82, 2.24) is 4.57 Å². The Morgan fingerprint density at radius 3 is 1.82 bits per heavy atom. The van der Waals surface area contributed by atoms with Gasteiger partial charge in [0.1, 0.15) is 11.2 Å². The fourth-order valence-corrected chi connectivity index (χ4v) is 10.8. The van der Waals surface area contributed by atoms with E-state index < -0.39 is 0 Å². The summed E-state index contributed by atoms with van der Waals surface area (Å²) in [4.78, 5) is 2.41. The van der Waals surface area contributed by atoms with Crippen molar-refractivity contribution in [1.29, 1.82) is 0 Å². The molecule has 0 unspecified atom stereocenters. The molecule has 13 rings (SSSR count). The highest BCUT2D eigenvalue weighted by molar-refractivity contribution is 6.14. The van der Waals surface area contributed by atoms with Crippen molar-refractivity contribution in [2.75, 3.05) is 4.90 Å². The van der Waals surface area contributed by atoms with E-state index in [1.807, 2.05) is 0 Å². The van der Waals surface area contributed by atoms with Crippen molar-refractivity contribution in [3.05, 3.63) is 242 Å². The topological polar surface area (TPSA) is 21.3 Å². The molecular weight excluding hydrogens is 801 g/mol. The van der Waals surface area contributed by atoms with Crippen molar-refractivity contribution in [3.8, 4) is 50.2 Å². The summed E-state index contributed by atoms with van der Waals surface area (Å²) in [6.45, 7) is 4.70. The molecule has 0 aliphatic heterocycles. The molecule has 0 amide bonds. The highest BCUT2D eigenvalue weighted by atomic mass is 16.3. The molecule has 1 aliphatic rings. The van der Waals surface area contributed by atoms with Crippen LogP contribution in [0.4, 0.5) is 17.1 Å². The Labute approximate surface area is 384 Å². The largest absolute Gasteiger partial charge is 0.456 e. The third-order valence-corrected chi connectivity index (χ3v) is 14.0. The Balaban J connectivity index is 0.939.